The van der Waals surface area contributed by atoms with Gasteiger partial charge in [-0.3, -0.25) is 4.98 Å². The minimum Gasteiger partial charge on any atom is -0.493 e. The lowest BCUT2D eigenvalue weighted by atomic mass is 10.2. The fourth-order valence-corrected chi connectivity index (χ4v) is 2.33. The molecule has 0 saturated heterocycles. The van der Waals surface area contributed by atoms with Gasteiger partial charge < -0.3 is 14.8 Å². The van der Waals surface area contributed by atoms with Crippen molar-refractivity contribution in [1.82, 2.24) is 10.3 Å². The molecule has 1 N–H and O–H groups in total. The minimum absolute atomic E-state index is 0.664. The summed E-state index contributed by atoms with van der Waals surface area (Å²) in [6.45, 7) is 2.19. The lowest BCUT2D eigenvalue weighted by Gasteiger charge is -2.11. The van der Waals surface area contributed by atoms with Crippen LogP contribution in [0.5, 0.6) is 5.75 Å². The van der Waals surface area contributed by atoms with Crippen LogP contribution in [0.2, 0.25) is 0 Å². The number of rotatable bonds is 8. The van der Waals surface area contributed by atoms with Gasteiger partial charge in [-0.15, -0.1) is 0 Å². The normalized spacial score (nSPS) is 14.5. The van der Waals surface area contributed by atoms with Gasteiger partial charge in [0.05, 0.1) is 17.8 Å². The number of nitrogens with zero attached hydrogens (tertiary/aromatic N) is 1. The van der Waals surface area contributed by atoms with Gasteiger partial charge in [-0.1, -0.05) is 12.1 Å². The first kappa shape index (κ1) is 14.3. The Morgan fingerprint density at radius 1 is 1.24 bits per heavy atom. The van der Waals surface area contributed by atoms with Gasteiger partial charge in [-0.05, 0) is 25.0 Å². The Bertz CT molecular complexity index is 596. The second kappa shape index (κ2) is 6.87. The zero-order valence-electron chi connectivity index (χ0n) is 12.5. The Balaban J connectivity index is 1.76. The summed E-state index contributed by atoms with van der Waals surface area (Å²) in [5.74, 6) is 0.921. The first-order valence-corrected chi connectivity index (χ1v) is 7.60. The molecule has 2 aromatic rings. The summed E-state index contributed by atoms with van der Waals surface area (Å²) in [4.78, 5) is 4.71. The lowest BCUT2D eigenvalue weighted by molar-refractivity contribution is 0.172. The topological polar surface area (TPSA) is 43.4 Å². The molecule has 0 atom stereocenters. The van der Waals surface area contributed by atoms with Crippen molar-refractivity contribution in [3.05, 3.63) is 36.0 Å². The van der Waals surface area contributed by atoms with Crippen molar-refractivity contribution in [2.45, 2.75) is 31.8 Å². The van der Waals surface area contributed by atoms with Gasteiger partial charge in [0, 0.05) is 44.2 Å². The minimum atomic E-state index is 0.664. The zero-order valence-corrected chi connectivity index (χ0v) is 12.5. The van der Waals surface area contributed by atoms with Gasteiger partial charge in [0.15, 0.2) is 0 Å². The third kappa shape index (κ3) is 3.93. The number of pyridine rings is 1. The van der Waals surface area contributed by atoms with Crippen molar-refractivity contribution in [2.24, 2.45) is 0 Å². The quantitative estimate of drug-likeness (QED) is 0.758. The van der Waals surface area contributed by atoms with Crippen molar-refractivity contribution in [1.29, 1.82) is 0 Å². The standard InChI is InChI=1S/C17H22N2O2/c1-20-9-4-10-21-17-11-14(12-18-13-7-8-13)19-16-6-3-2-5-15(16)17/h2-3,5-6,11,13,18H,4,7-10,12H2,1H3. The summed E-state index contributed by atoms with van der Waals surface area (Å²) in [5, 5.41) is 4.58. The molecule has 1 aromatic carbocycles. The van der Waals surface area contributed by atoms with Crippen LogP contribution in [0.25, 0.3) is 10.9 Å². The summed E-state index contributed by atoms with van der Waals surface area (Å²) >= 11 is 0. The van der Waals surface area contributed by atoms with E-state index in [1.807, 2.05) is 18.2 Å². The van der Waals surface area contributed by atoms with Crippen LogP contribution in [0.3, 0.4) is 0 Å². The number of para-hydroxylation sites is 1. The Morgan fingerprint density at radius 3 is 2.90 bits per heavy atom. The maximum Gasteiger partial charge on any atom is 0.130 e. The number of hydrogen-bond acceptors (Lipinski definition) is 4. The molecule has 4 nitrogen and oxygen atoms in total. The van der Waals surface area contributed by atoms with Crippen molar-refractivity contribution in [3.63, 3.8) is 0 Å². The molecular formula is C17H22N2O2. The number of ether oxygens (including phenoxy) is 2. The van der Waals surface area contributed by atoms with E-state index >= 15 is 0 Å². The molecule has 21 heavy (non-hydrogen) atoms. The highest BCUT2D eigenvalue weighted by Gasteiger charge is 2.20. The van der Waals surface area contributed by atoms with E-state index in [1.165, 1.54) is 12.8 Å². The highest BCUT2D eigenvalue weighted by Crippen LogP contribution is 2.26. The molecule has 1 aliphatic carbocycles. The summed E-state index contributed by atoms with van der Waals surface area (Å²) in [6, 6.07) is 10.9. The third-order valence-corrected chi connectivity index (χ3v) is 3.63. The Hall–Kier alpha value is -1.65. The van der Waals surface area contributed by atoms with E-state index in [0.29, 0.717) is 12.6 Å². The second-order valence-electron chi connectivity index (χ2n) is 5.48. The Kier molecular flexibility index (Phi) is 4.68. The lowest BCUT2D eigenvalue weighted by Crippen LogP contribution is -2.16. The molecular weight excluding hydrogens is 264 g/mol. The van der Waals surface area contributed by atoms with Crippen molar-refractivity contribution >= 4 is 10.9 Å². The molecule has 0 aliphatic heterocycles. The van der Waals surface area contributed by atoms with Crippen LogP contribution in [0.15, 0.2) is 30.3 Å². The smallest absolute Gasteiger partial charge is 0.130 e. The predicted octanol–water partition coefficient (Wildman–Crippen LogP) is 2.90. The molecule has 1 aliphatic rings. The summed E-state index contributed by atoms with van der Waals surface area (Å²) in [7, 11) is 1.71. The van der Waals surface area contributed by atoms with E-state index in [2.05, 4.69) is 17.4 Å². The molecule has 0 unspecified atom stereocenters. The van der Waals surface area contributed by atoms with Crippen LogP contribution in [0.4, 0.5) is 0 Å². The average Bonchev–Trinajstić information content (AvgIpc) is 3.34. The number of aromatic nitrogens is 1. The monoisotopic (exact) mass is 286 g/mol. The zero-order chi connectivity index (χ0) is 14.5. The number of benzene rings is 1. The van der Waals surface area contributed by atoms with E-state index in [4.69, 9.17) is 14.5 Å². The van der Waals surface area contributed by atoms with Crippen molar-refractivity contribution in [2.75, 3.05) is 20.3 Å². The third-order valence-electron chi connectivity index (χ3n) is 3.63. The Morgan fingerprint density at radius 2 is 2.10 bits per heavy atom. The van der Waals surface area contributed by atoms with E-state index in [9.17, 15) is 0 Å². The summed E-state index contributed by atoms with van der Waals surface area (Å²) in [5.41, 5.74) is 2.04. The van der Waals surface area contributed by atoms with Crippen LogP contribution in [-0.4, -0.2) is 31.3 Å². The van der Waals surface area contributed by atoms with Gasteiger partial charge >= 0.3 is 0 Å². The number of hydrogen-bond donors (Lipinski definition) is 1. The highest BCUT2D eigenvalue weighted by molar-refractivity contribution is 5.85. The Labute approximate surface area is 125 Å². The highest BCUT2D eigenvalue weighted by atomic mass is 16.5. The molecule has 1 aromatic heterocycles. The van der Waals surface area contributed by atoms with Crippen molar-refractivity contribution in [3.8, 4) is 5.75 Å². The molecule has 0 radical (unpaired) electrons. The predicted molar refractivity (Wildman–Crippen MR) is 83.6 cm³/mol. The van der Waals surface area contributed by atoms with Crippen LogP contribution in [0, 0.1) is 0 Å². The largest absolute Gasteiger partial charge is 0.493 e. The first-order chi connectivity index (χ1) is 10.4. The number of nitrogens with one attached hydrogen (secondary N) is 1. The molecule has 0 spiro atoms. The first-order valence-electron chi connectivity index (χ1n) is 7.60. The second-order valence-corrected chi connectivity index (χ2v) is 5.48. The SMILES string of the molecule is COCCCOc1cc(CNC2CC2)nc2ccccc12. The van der Waals surface area contributed by atoms with E-state index in [1.54, 1.807) is 7.11 Å². The fourth-order valence-electron chi connectivity index (χ4n) is 2.33. The van der Waals surface area contributed by atoms with E-state index in [-0.39, 0.29) is 0 Å². The van der Waals surface area contributed by atoms with Gasteiger partial charge in [0.2, 0.25) is 0 Å². The summed E-state index contributed by atoms with van der Waals surface area (Å²) in [6.07, 6.45) is 3.46. The fraction of sp³-hybridized carbons (Fsp3) is 0.471. The molecule has 1 saturated carbocycles. The van der Waals surface area contributed by atoms with E-state index < -0.39 is 0 Å². The van der Waals surface area contributed by atoms with Gasteiger partial charge in [-0.25, -0.2) is 0 Å². The molecule has 112 valence electrons. The summed E-state index contributed by atoms with van der Waals surface area (Å²) < 4.78 is 11.0. The number of fused-ring (bicyclic) bond motifs is 1. The molecule has 3 rings (SSSR count). The van der Waals surface area contributed by atoms with Crippen molar-refractivity contribution < 1.29 is 9.47 Å². The molecule has 1 fully saturated rings. The molecule has 1 heterocycles. The molecule has 4 heteroatoms. The number of methoxy groups -OCH3 is 1. The maximum absolute atomic E-state index is 5.94. The van der Waals surface area contributed by atoms with Gasteiger partial charge in [0.25, 0.3) is 0 Å². The van der Waals surface area contributed by atoms with Crippen LogP contribution in [0.1, 0.15) is 25.0 Å². The average molecular weight is 286 g/mol. The molecule has 0 bridgehead atoms. The van der Waals surface area contributed by atoms with Gasteiger partial charge in [0.1, 0.15) is 5.75 Å². The van der Waals surface area contributed by atoms with Crippen LogP contribution in [-0.2, 0) is 11.3 Å². The van der Waals surface area contributed by atoms with Crippen LogP contribution >= 0.6 is 0 Å². The van der Waals surface area contributed by atoms with Crippen LogP contribution < -0.4 is 10.1 Å². The van der Waals surface area contributed by atoms with Gasteiger partial charge in [-0.2, -0.15) is 0 Å². The van der Waals surface area contributed by atoms with E-state index in [0.717, 1.165) is 41.9 Å². The molecule has 0 amide bonds. The maximum atomic E-state index is 5.94.